The van der Waals surface area contributed by atoms with Gasteiger partial charge in [-0.15, -0.1) is 0 Å². The third-order valence-electron chi connectivity index (χ3n) is 5.18. The van der Waals surface area contributed by atoms with E-state index in [1.807, 2.05) is 30.3 Å². The van der Waals surface area contributed by atoms with Crippen LogP contribution >= 0.6 is 11.8 Å². The van der Waals surface area contributed by atoms with Gasteiger partial charge in [-0.3, -0.25) is 9.36 Å². The number of benzene rings is 1. The molecule has 0 aliphatic carbocycles. The van der Waals surface area contributed by atoms with E-state index in [0.717, 1.165) is 5.69 Å². The van der Waals surface area contributed by atoms with Gasteiger partial charge in [-0.1, -0.05) is 18.2 Å². The summed E-state index contributed by atoms with van der Waals surface area (Å²) in [6.45, 7) is 0. The topological polar surface area (TPSA) is 169 Å². The first-order chi connectivity index (χ1) is 15.5. The smallest absolute Gasteiger partial charge is 0.320 e. The number of aliphatic hydroxyl groups excluding tert-OH is 2. The van der Waals surface area contributed by atoms with Gasteiger partial charge in [0.1, 0.15) is 24.6 Å². The van der Waals surface area contributed by atoms with Crippen LogP contribution in [0.2, 0.25) is 0 Å². The van der Waals surface area contributed by atoms with Crippen molar-refractivity contribution < 1.29 is 24.9 Å². The number of nitrogens with one attached hydrogen (secondary N) is 1. The van der Waals surface area contributed by atoms with Gasteiger partial charge < -0.3 is 31.1 Å². The van der Waals surface area contributed by atoms with Crippen molar-refractivity contribution in [1.82, 2.24) is 19.5 Å². The number of imidazole rings is 1. The second-order valence-electron chi connectivity index (χ2n) is 7.39. The van der Waals surface area contributed by atoms with Crippen molar-refractivity contribution in [2.45, 2.75) is 37.0 Å². The Morgan fingerprint density at radius 2 is 2.00 bits per heavy atom. The van der Waals surface area contributed by atoms with Crippen molar-refractivity contribution in [2.75, 3.05) is 16.8 Å². The third kappa shape index (κ3) is 4.69. The minimum Gasteiger partial charge on any atom is -0.480 e. The summed E-state index contributed by atoms with van der Waals surface area (Å²) < 4.78 is 7.50. The third-order valence-corrected chi connectivity index (χ3v) is 6.27. The number of rotatable bonds is 9. The van der Waals surface area contributed by atoms with Crippen LogP contribution in [0.5, 0.6) is 0 Å². The maximum absolute atomic E-state index is 10.8. The molecular formula is C20H24N6O5S. The maximum Gasteiger partial charge on any atom is 0.320 e. The average molecular weight is 461 g/mol. The zero-order valence-corrected chi connectivity index (χ0v) is 17.8. The first-order valence-corrected chi connectivity index (χ1v) is 11.2. The van der Waals surface area contributed by atoms with E-state index in [1.54, 1.807) is 4.57 Å². The fourth-order valence-corrected chi connectivity index (χ4v) is 4.51. The second kappa shape index (κ2) is 9.79. The molecule has 0 spiro atoms. The van der Waals surface area contributed by atoms with Crippen molar-refractivity contribution >= 4 is 40.4 Å². The number of hydrogen-bond donors (Lipinski definition) is 5. The minimum atomic E-state index is -1.18. The van der Waals surface area contributed by atoms with Crippen molar-refractivity contribution in [3.63, 3.8) is 0 Å². The lowest BCUT2D eigenvalue weighted by Gasteiger charge is -2.16. The largest absolute Gasteiger partial charge is 0.480 e. The molecule has 5 atom stereocenters. The summed E-state index contributed by atoms with van der Waals surface area (Å²) in [5.41, 5.74) is 7.30. The van der Waals surface area contributed by atoms with Gasteiger partial charge >= 0.3 is 5.97 Å². The van der Waals surface area contributed by atoms with Crippen molar-refractivity contribution in [1.29, 1.82) is 0 Å². The number of nitrogens with zero attached hydrogens (tertiary/aromatic N) is 4. The quantitative estimate of drug-likeness (QED) is 0.285. The summed E-state index contributed by atoms with van der Waals surface area (Å²) in [7, 11) is 0. The highest BCUT2D eigenvalue weighted by Crippen LogP contribution is 2.34. The van der Waals surface area contributed by atoms with E-state index in [0.29, 0.717) is 34.9 Å². The zero-order valence-electron chi connectivity index (χ0n) is 17.0. The van der Waals surface area contributed by atoms with Crippen molar-refractivity contribution in [3.05, 3.63) is 43.0 Å². The van der Waals surface area contributed by atoms with Crippen LogP contribution in [0.4, 0.5) is 11.5 Å². The van der Waals surface area contributed by atoms with E-state index in [-0.39, 0.29) is 0 Å². The summed E-state index contributed by atoms with van der Waals surface area (Å²) in [6, 6.07) is 8.59. The number of aromatic nitrogens is 4. The van der Waals surface area contributed by atoms with Gasteiger partial charge in [-0.25, -0.2) is 15.0 Å². The van der Waals surface area contributed by atoms with E-state index in [4.69, 9.17) is 15.6 Å². The average Bonchev–Trinajstić information content (AvgIpc) is 3.34. The summed E-state index contributed by atoms with van der Waals surface area (Å²) in [6.07, 6.45) is -0.611. The number of para-hydroxylation sites is 1. The van der Waals surface area contributed by atoms with Crippen LogP contribution in [-0.4, -0.2) is 76.7 Å². The molecule has 1 aliphatic heterocycles. The molecule has 0 saturated carbocycles. The number of hydrogen-bond acceptors (Lipinski definition) is 10. The number of carbonyl (C=O) groups is 1. The van der Waals surface area contributed by atoms with E-state index in [1.165, 1.54) is 24.4 Å². The molecule has 0 unspecified atom stereocenters. The van der Waals surface area contributed by atoms with Crippen LogP contribution < -0.4 is 11.1 Å². The van der Waals surface area contributed by atoms with Crippen LogP contribution in [0.15, 0.2) is 43.0 Å². The number of nitrogens with two attached hydrogens (primary N) is 1. The number of aliphatic hydroxyl groups is 2. The standard InChI is InChI=1S/C20H24N6O5S/c21-12(20(29)30)6-7-32-8-13-15(27)16(28)19(31-13)26-10-24-14-17(22-9-23-18(14)26)25-11-4-2-1-3-5-11/h1-5,9-10,12-13,15-16,19,27-28H,6-8,21H2,(H,29,30)(H,22,23,25)/t12-,13+,15+,16+,19+/m0/s1. The Bertz CT molecular complexity index is 1070. The monoisotopic (exact) mass is 460 g/mol. The molecule has 1 fully saturated rings. The molecule has 3 heterocycles. The number of thioether (sulfide) groups is 1. The number of carboxylic acids is 1. The Kier molecular flexibility index (Phi) is 6.86. The van der Waals surface area contributed by atoms with E-state index >= 15 is 0 Å². The summed E-state index contributed by atoms with van der Waals surface area (Å²) in [5.74, 6) is 0.336. The SMILES string of the molecule is N[C@@H](CCSC[C@H]1O[C@@H](n2cnc3c(Nc4ccccc4)ncnc32)[C@H](O)[C@@H]1O)C(=O)O. The van der Waals surface area contributed by atoms with Gasteiger partial charge in [0.15, 0.2) is 23.2 Å². The highest BCUT2D eigenvalue weighted by Gasteiger charge is 2.44. The molecule has 2 aromatic heterocycles. The molecule has 0 bridgehead atoms. The fourth-order valence-electron chi connectivity index (χ4n) is 3.42. The van der Waals surface area contributed by atoms with Gasteiger partial charge in [0.2, 0.25) is 0 Å². The molecule has 0 amide bonds. The van der Waals surface area contributed by atoms with E-state index in [9.17, 15) is 15.0 Å². The number of anilines is 2. The molecule has 0 radical (unpaired) electrons. The Balaban J connectivity index is 1.46. The Labute approximate surface area is 187 Å². The fraction of sp³-hybridized carbons (Fsp3) is 0.400. The lowest BCUT2D eigenvalue weighted by molar-refractivity contribution is -0.138. The molecule has 6 N–H and O–H groups in total. The number of aliphatic carboxylic acids is 1. The first kappa shape index (κ1) is 22.4. The number of carboxylic acid groups (broad SMARTS) is 1. The van der Waals surface area contributed by atoms with Crippen LogP contribution in [-0.2, 0) is 9.53 Å². The van der Waals surface area contributed by atoms with Gasteiger partial charge in [0, 0.05) is 11.4 Å². The van der Waals surface area contributed by atoms with Gasteiger partial charge in [0.25, 0.3) is 0 Å². The van der Waals surface area contributed by atoms with Crippen LogP contribution in [0.25, 0.3) is 11.2 Å². The van der Waals surface area contributed by atoms with Crippen molar-refractivity contribution in [3.8, 4) is 0 Å². The molecule has 1 saturated heterocycles. The molecule has 12 heteroatoms. The van der Waals surface area contributed by atoms with E-state index in [2.05, 4.69) is 20.3 Å². The molecular weight excluding hydrogens is 436 g/mol. The molecule has 11 nitrogen and oxygen atoms in total. The number of ether oxygens (including phenoxy) is 1. The lowest BCUT2D eigenvalue weighted by atomic mass is 10.1. The predicted molar refractivity (Wildman–Crippen MR) is 119 cm³/mol. The highest BCUT2D eigenvalue weighted by atomic mass is 32.2. The van der Waals surface area contributed by atoms with Gasteiger partial charge in [-0.05, 0) is 24.3 Å². The molecule has 1 aromatic carbocycles. The Morgan fingerprint density at radius 1 is 1.22 bits per heavy atom. The Morgan fingerprint density at radius 3 is 2.75 bits per heavy atom. The highest BCUT2D eigenvalue weighted by molar-refractivity contribution is 7.99. The maximum atomic E-state index is 10.8. The minimum absolute atomic E-state index is 0.301. The summed E-state index contributed by atoms with van der Waals surface area (Å²) in [4.78, 5) is 23.7. The van der Waals surface area contributed by atoms with Crippen LogP contribution in [0.1, 0.15) is 12.6 Å². The first-order valence-electron chi connectivity index (χ1n) is 10.0. The van der Waals surface area contributed by atoms with Crippen molar-refractivity contribution in [2.24, 2.45) is 5.73 Å². The number of fused-ring (bicyclic) bond motifs is 1. The molecule has 3 aromatic rings. The van der Waals surface area contributed by atoms with Gasteiger partial charge in [-0.2, -0.15) is 11.8 Å². The van der Waals surface area contributed by atoms with Crippen LogP contribution in [0.3, 0.4) is 0 Å². The van der Waals surface area contributed by atoms with Crippen LogP contribution in [0, 0.1) is 0 Å². The normalized spacial score (nSPS) is 24.0. The molecule has 32 heavy (non-hydrogen) atoms. The van der Waals surface area contributed by atoms with Gasteiger partial charge in [0.05, 0.1) is 12.4 Å². The lowest BCUT2D eigenvalue weighted by Crippen LogP contribution is -2.33. The summed E-state index contributed by atoms with van der Waals surface area (Å²) in [5, 5.41) is 33.1. The van der Waals surface area contributed by atoms with E-state index < -0.39 is 36.6 Å². The predicted octanol–water partition coefficient (Wildman–Crippen LogP) is 0.724. The Hall–Kier alpha value is -2.77. The zero-order chi connectivity index (χ0) is 22.7. The molecule has 1 aliphatic rings. The second-order valence-corrected chi connectivity index (χ2v) is 8.54. The molecule has 4 rings (SSSR count). The summed E-state index contributed by atoms with van der Waals surface area (Å²) >= 11 is 1.41. The molecule has 170 valence electrons.